The van der Waals surface area contributed by atoms with E-state index in [4.69, 9.17) is 0 Å². The van der Waals surface area contributed by atoms with E-state index < -0.39 is 0 Å². The smallest absolute Gasteiger partial charge is 0.220 e. The summed E-state index contributed by atoms with van der Waals surface area (Å²) in [5.41, 5.74) is 0. The first-order valence-electron chi connectivity index (χ1n) is 8.35. The molecule has 0 aliphatic rings. The van der Waals surface area contributed by atoms with Gasteiger partial charge < -0.3 is 10.6 Å². The van der Waals surface area contributed by atoms with Crippen LogP contribution in [0.1, 0.15) is 71.1 Å². The molecule has 122 valence electrons. The van der Waals surface area contributed by atoms with Crippen LogP contribution in [-0.4, -0.2) is 24.9 Å². The third kappa shape index (κ3) is 14.9. The molecule has 2 amide bonds. The van der Waals surface area contributed by atoms with Gasteiger partial charge in [-0.05, 0) is 25.7 Å². The Hall–Kier alpha value is -1.32. The van der Waals surface area contributed by atoms with Crippen LogP contribution < -0.4 is 10.6 Å². The Kier molecular flexibility index (Phi) is 14.1. The zero-order chi connectivity index (χ0) is 15.8. The molecule has 0 radical (unpaired) electrons. The average molecular weight is 296 g/mol. The van der Waals surface area contributed by atoms with Crippen LogP contribution >= 0.6 is 0 Å². The SMILES string of the molecule is C=CCCCCCCCCC(=O)NCCNC(=O)CCC. The maximum Gasteiger partial charge on any atom is 0.220 e. The minimum Gasteiger partial charge on any atom is -0.354 e. The summed E-state index contributed by atoms with van der Waals surface area (Å²) < 4.78 is 0. The molecule has 21 heavy (non-hydrogen) atoms. The quantitative estimate of drug-likeness (QED) is 0.381. The predicted octanol–water partition coefficient (Wildman–Crippen LogP) is 3.33. The summed E-state index contributed by atoms with van der Waals surface area (Å²) >= 11 is 0. The zero-order valence-corrected chi connectivity index (χ0v) is 13.6. The number of carbonyl (C=O) groups excluding carboxylic acids is 2. The van der Waals surface area contributed by atoms with Crippen molar-refractivity contribution in [3.8, 4) is 0 Å². The summed E-state index contributed by atoms with van der Waals surface area (Å²) in [5.74, 6) is 0.148. The van der Waals surface area contributed by atoms with Gasteiger partial charge >= 0.3 is 0 Å². The van der Waals surface area contributed by atoms with Gasteiger partial charge in [0.15, 0.2) is 0 Å². The molecule has 0 aliphatic carbocycles. The van der Waals surface area contributed by atoms with Gasteiger partial charge in [-0.3, -0.25) is 9.59 Å². The van der Waals surface area contributed by atoms with Crippen molar-refractivity contribution in [1.29, 1.82) is 0 Å². The Bertz CT molecular complexity index is 291. The fourth-order valence-corrected chi connectivity index (χ4v) is 2.09. The molecule has 0 unspecified atom stereocenters. The van der Waals surface area contributed by atoms with Crippen molar-refractivity contribution in [3.63, 3.8) is 0 Å². The van der Waals surface area contributed by atoms with E-state index in [9.17, 15) is 9.59 Å². The van der Waals surface area contributed by atoms with Crippen LogP contribution in [0.5, 0.6) is 0 Å². The van der Waals surface area contributed by atoms with Gasteiger partial charge in [-0.25, -0.2) is 0 Å². The normalized spacial score (nSPS) is 10.1. The molecular weight excluding hydrogens is 264 g/mol. The summed E-state index contributed by atoms with van der Waals surface area (Å²) in [7, 11) is 0. The summed E-state index contributed by atoms with van der Waals surface area (Å²) in [4.78, 5) is 22.7. The molecule has 0 spiro atoms. The van der Waals surface area contributed by atoms with Crippen LogP contribution in [0.4, 0.5) is 0 Å². The van der Waals surface area contributed by atoms with E-state index in [0.29, 0.717) is 25.9 Å². The van der Waals surface area contributed by atoms with Crippen molar-refractivity contribution in [1.82, 2.24) is 10.6 Å². The second-order valence-electron chi connectivity index (χ2n) is 5.40. The number of unbranched alkanes of at least 4 members (excludes halogenated alkanes) is 6. The molecule has 0 bridgehead atoms. The second-order valence-corrected chi connectivity index (χ2v) is 5.40. The van der Waals surface area contributed by atoms with E-state index >= 15 is 0 Å². The molecule has 0 saturated heterocycles. The lowest BCUT2D eigenvalue weighted by molar-refractivity contribution is -0.123. The molecule has 0 aromatic carbocycles. The molecule has 4 nitrogen and oxygen atoms in total. The maximum absolute atomic E-state index is 11.6. The minimum atomic E-state index is 0.0585. The van der Waals surface area contributed by atoms with E-state index in [2.05, 4.69) is 17.2 Å². The summed E-state index contributed by atoms with van der Waals surface area (Å²) in [5, 5.41) is 5.61. The fourth-order valence-electron chi connectivity index (χ4n) is 2.09. The van der Waals surface area contributed by atoms with E-state index in [1.165, 1.54) is 25.7 Å². The number of hydrogen-bond donors (Lipinski definition) is 2. The largest absolute Gasteiger partial charge is 0.354 e. The highest BCUT2D eigenvalue weighted by molar-refractivity contribution is 5.77. The molecule has 4 heteroatoms. The molecule has 0 aromatic heterocycles. The minimum absolute atomic E-state index is 0.0585. The number of nitrogens with one attached hydrogen (secondary N) is 2. The second kappa shape index (κ2) is 15.1. The third-order valence-electron chi connectivity index (χ3n) is 3.31. The molecule has 0 rings (SSSR count). The number of rotatable bonds is 14. The van der Waals surface area contributed by atoms with Gasteiger partial charge in [0.1, 0.15) is 0 Å². The fraction of sp³-hybridized carbons (Fsp3) is 0.765. The first-order chi connectivity index (χ1) is 10.2. The molecule has 0 saturated carbocycles. The van der Waals surface area contributed by atoms with Gasteiger partial charge in [-0.1, -0.05) is 38.7 Å². The lowest BCUT2D eigenvalue weighted by atomic mass is 10.1. The topological polar surface area (TPSA) is 58.2 Å². The van der Waals surface area contributed by atoms with Crippen LogP contribution in [0.15, 0.2) is 12.7 Å². The van der Waals surface area contributed by atoms with Crippen LogP contribution in [0.25, 0.3) is 0 Å². The predicted molar refractivity (Wildman–Crippen MR) is 88.1 cm³/mol. The van der Waals surface area contributed by atoms with Crippen LogP contribution in [0.3, 0.4) is 0 Å². The van der Waals surface area contributed by atoms with Crippen LogP contribution in [0.2, 0.25) is 0 Å². The van der Waals surface area contributed by atoms with Crippen LogP contribution in [-0.2, 0) is 9.59 Å². The highest BCUT2D eigenvalue weighted by atomic mass is 16.2. The molecule has 0 atom stereocenters. The summed E-state index contributed by atoms with van der Waals surface area (Å²) in [6, 6.07) is 0. The highest BCUT2D eigenvalue weighted by Gasteiger charge is 2.01. The van der Waals surface area contributed by atoms with E-state index in [1.54, 1.807) is 0 Å². The third-order valence-corrected chi connectivity index (χ3v) is 3.31. The van der Waals surface area contributed by atoms with Gasteiger partial charge in [0, 0.05) is 25.9 Å². The Morgan fingerprint density at radius 3 is 1.95 bits per heavy atom. The first-order valence-corrected chi connectivity index (χ1v) is 8.35. The Labute approximate surface area is 129 Å². The molecule has 0 aliphatic heterocycles. The van der Waals surface area contributed by atoms with E-state index in [-0.39, 0.29) is 11.8 Å². The number of amides is 2. The molecule has 0 aromatic rings. The molecular formula is C17H32N2O2. The van der Waals surface area contributed by atoms with Crippen molar-refractivity contribution in [2.24, 2.45) is 0 Å². The molecule has 2 N–H and O–H groups in total. The van der Waals surface area contributed by atoms with Gasteiger partial charge in [0.25, 0.3) is 0 Å². The lowest BCUT2D eigenvalue weighted by Crippen LogP contribution is -2.34. The Morgan fingerprint density at radius 2 is 1.38 bits per heavy atom. The Morgan fingerprint density at radius 1 is 0.857 bits per heavy atom. The van der Waals surface area contributed by atoms with Crippen molar-refractivity contribution < 1.29 is 9.59 Å². The van der Waals surface area contributed by atoms with Crippen molar-refractivity contribution >= 4 is 11.8 Å². The van der Waals surface area contributed by atoms with Crippen LogP contribution in [0, 0.1) is 0 Å². The number of hydrogen-bond acceptors (Lipinski definition) is 2. The average Bonchev–Trinajstić information content (AvgIpc) is 2.47. The van der Waals surface area contributed by atoms with E-state index in [0.717, 1.165) is 25.7 Å². The zero-order valence-electron chi connectivity index (χ0n) is 13.6. The number of allylic oxidation sites excluding steroid dienone is 1. The van der Waals surface area contributed by atoms with Crippen molar-refractivity contribution in [2.45, 2.75) is 71.1 Å². The monoisotopic (exact) mass is 296 g/mol. The maximum atomic E-state index is 11.6. The highest BCUT2D eigenvalue weighted by Crippen LogP contribution is 2.08. The van der Waals surface area contributed by atoms with Gasteiger partial charge in [0.2, 0.25) is 11.8 Å². The lowest BCUT2D eigenvalue weighted by Gasteiger charge is -2.06. The van der Waals surface area contributed by atoms with Gasteiger partial charge in [-0.15, -0.1) is 6.58 Å². The van der Waals surface area contributed by atoms with Crippen molar-refractivity contribution in [3.05, 3.63) is 12.7 Å². The Balaban J connectivity index is 3.27. The molecule has 0 fully saturated rings. The molecule has 0 heterocycles. The first kappa shape index (κ1) is 19.7. The van der Waals surface area contributed by atoms with Crippen molar-refractivity contribution in [2.75, 3.05) is 13.1 Å². The number of carbonyl (C=O) groups is 2. The van der Waals surface area contributed by atoms with Gasteiger partial charge in [-0.2, -0.15) is 0 Å². The summed E-state index contributed by atoms with van der Waals surface area (Å²) in [6.07, 6.45) is 12.1. The van der Waals surface area contributed by atoms with E-state index in [1.807, 2.05) is 13.0 Å². The standard InChI is InChI=1S/C17H32N2O2/c1-3-5-6-7-8-9-10-11-13-17(21)19-15-14-18-16(20)12-4-2/h3H,1,4-15H2,2H3,(H,18,20)(H,19,21). The summed E-state index contributed by atoms with van der Waals surface area (Å²) in [6.45, 7) is 6.73. The van der Waals surface area contributed by atoms with Gasteiger partial charge in [0.05, 0.1) is 0 Å².